The van der Waals surface area contributed by atoms with Crippen molar-refractivity contribution in [1.29, 1.82) is 0 Å². The fraction of sp³-hybridized carbons (Fsp3) is 0.150. The van der Waals surface area contributed by atoms with Gasteiger partial charge in [0.1, 0.15) is 12.4 Å². The highest BCUT2D eigenvalue weighted by atomic mass is 32.1. The number of fused-ring (bicyclic) bond motifs is 1. The molecule has 8 nitrogen and oxygen atoms in total. The Kier molecular flexibility index (Phi) is 5.05. The summed E-state index contributed by atoms with van der Waals surface area (Å²) in [6, 6.07) is 15.2. The number of anilines is 1. The SMILES string of the molecule is O=C(CN1C(=O)CCC1=O)NC(=S)Nc1cccc(-c2nc3ccccc3[nH]2)c1. The van der Waals surface area contributed by atoms with E-state index in [0.29, 0.717) is 5.69 Å². The number of imide groups is 1. The maximum Gasteiger partial charge on any atom is 0.246 e. The smallest absolute Gasteiger partial charge is 0.246 e. The second-order valence-corrected chi connectivity index (χ2v) is 6.97. The van der Waals surface area contributed by atoms with E-state index in [1.165, 1.54) is 0 Å². The van der Waals surface area contributed by atoms with Crippen molar-refractivity contribution in [2.24, 2.45) is 0 Å². The molecule has 3 N–H and O–H groups in total. The summed E-state index contributed by atoms with van der Waals surface area (Å²) >= 11 is 5.17. The number of benzene rings is 2. The molecule has 0 atom stereocenters. The van der Waals surface area contributed by atoms with E-state index in [0.717, 1.165) is 27.3 Å². The van der Waals surface area contributed by atoms with Crippen LogP contribution in [0.15, 0.2) is 48.5 Å². The number of carbonyl (C=O) groups excluding carboxylic acids is 3. The van der Waals surface area contributed by atoms with Crippen molar-refractivity contribution >= 4 is 51.8 Å². The van der Waals surface area contributed by atoms with Gasteiger partial charge in [0.05, 0.1) is 11.0 Å². The summed E-state index contributed by atoms with van der Waals surface area (Å²) in [5, 5.41) is 5.50. The molecule has 2 heterocycles. The van der Waals surface area contributed by atoms with Crippen LogP contribution in [0.4, 0.5) is 5.69 Å². The third-order valence-corrected chi connectivity index (χ3v) is 4.70. The van der Waals surface area contributed by atoms with Crippen molar-refractivity contribution in [3.8, 4) is 11.4 Å². The maximum atomic E-state index is 12.1. The number of hydrogen-bond acceptors (Lipinski definition) is 5. The molecule has 3 amide bonds. The van der Waals surface area contributed by atoms with Crippen LogP contribution >= 0.6 is 12.2 Å². The highest BCUT2D eigenvalue weighted by molar-refractivity contribution is 7.80. The molecule has 0 aliphatic carbocycles. The summed E-state index contributed by atoms with van der Waals surface area (Å²) in [4.78, 5) is 44.1. The van der Waals surface area contributed by atoms with E-state index >= 15 is 0 Å². The highest BCUT2D eigenvalue weighted by Crippen LogP contribution is 2.23. The summed E-state index contributed by atoms with van der Waals surface area (Å²) in [5.41, 5.74) is 3.33. The molecule has 0 spiro atoms. The predicted octanol–water partition coefficient (Wildman–Crippen LogP) is 2.19. The number of carbonyl (C=O) groups is 3. The molecule has 1 saturated heterocycles. The summed E-state index contributed by atoms with van der Waals surface area (Å²) in [6.45, 7) is -0.335. The number of rotatable bonds is 4. The lowest BCUT2D eigenvalue weighted by Gasteiger charge is -2.14. The van der Waals surface area contributed by atoms with Crippen LogP contribution in [-0.2, 0) is 14.4 Å². The number of likely N-dealkylation sites (tertiary alicyclic amines) is 1. The van der Waals surface area contributed by atoms with Crippen LogP contribution in [0.5, 0.6) is 0 Å². The number of hydrogen-bond donors (Lipinski definition) is 3. The Balaban J connectivity index is 1.41. The molecule has 2 aromatic carbocycles. The molecule has 3 aromatic rings. The standard InChI is InChI=1S/C20H17N5O3S/c26-16(11-25-17(27)8-9-18(25)28)24-20(29)21-13-5-3-4-12(10-13)19-22-14-6-1-2-7-15(14)23-19/h1-7,10H,8-9,11H2,(H,22,23)(H2,21,24,26,29). The average molecular weight is 407 g/mol. The Labute approximate surface area is 171 Å². The minimum atomic E-state index is -0.528. The van der Waals surface area contributed by atoms with Crippen LogP contribution in [0.2, 0.25) is 0 Å². The monoisotopic (exact) mass is 407 g/mol. The third-order valence-electron chi connectivity index (χ3n) is 4.49. The van der Waals surface area contributed by atoms with Crippen molar-refractivity contribution in [2.75, 3.05) is 11.9 Å². The number of aromatic amines is 1. The van der Waals surface area contributed by atoms with E-state index < -0.39 is 5.91 Å². The Morgan fingerprint density at radius 3 is 2.62 bits per heavy atom. The number of H-pyrrole nitrogens is 1. The number of amides is 3. The molecule has 9 heteroatoms. The zero-order valence-corrected chi connectivity index (χ0v) is 16.1. The van der Waals surface area contributed by atoms with Crippen LogP contribution in [0.3, 0.4) is 0 Å². The summed E-state index contributed by atoms with van der Waals surface area (Å²) in [6.07, 6.45) is 0.285. The van der Waals surface area contributed by atoms with E-state index in [1.807, 2.05) is 42.5 Å². The van der Waals surface area contributed by atoms with Gasteiger partial charge in [-0.05, 0) is 36.5 Å². The van der Waals surface area contributed by atoms with Gasteiger partial charge in [-0.15, -0.1) is 0 Å². The fourth-order valence-electron chi connectivity index (χ4n) is 3.11. The maximum absolute atomic E-state index is 12.1. The molecule has 1 aromatic heterocycles. The van der Waals surface area contributed by atoms with Gasteiger partial charge in [0.25, 0.3) is 0 Å². The Bertz CT molecular complexity index is 1090. The normalized spacial score (nSPS) is 13.7. The molecule has 1 fully saturated rings. The van der Waals surface area contributed by atoms with Gasteiger partial charge >= 0.3 is 0 Å². The van der Waals surface area contributed by atoms with Crippen LogP contribution in [-0.4, -0.2) is 44.2 Å². The number of thiocarbonyl (C=S) groups is 1. The van der Waals surface area contributed by atoms with Crippen molar-refractivity contribution in [2.45, 2.75) is 12.8 Å². The lowest BCUT2D eigenvalue weighted by atomic mass is 10.2. The lowest BCUT2D eigenvalue weighted by molar-refractivity contribution is -0.142. The summed E-state index contributed by atoms with van der Waals surface area (Å²) < 4.78 is 0. The van der Waals surface area contributed by atoms with E-state index in [1.54, 1.807) is 6.07 Å². The molecule has 0 radical (unpaired) electrons. The molecule has 0 bridgehead atoms. The first-order valence-electron chi connectivity index (χ1n) is 8.99. The molecule has 146 valence electrons. The van der Waals surface area contributed by atoms with Crippen molar-refractivity contribution in [3.05, 3.63) is 48.5 Å². The third kappa shape index (κ3) is 4.14. The number of imidazole rings is 1. The first kappa shape index (κ1) is 18.8. The topological polar surface area (TPSA) is 107 Å². The van der Waals surface area contributed by atoms with Gasteiger partial charge in [-0.2, -0.15) is 0 Å². The van der Waals surface area contributed by atoms with Gasteiger partial charge in [0.15, 0.2) is 5.11 Å². The van der Waals surface area contributed by atoms with Gasteiger partial charge in [0.2, 0.25) is 17.7 Å². The van der Waals surface area contributed by atoms with Crippen molar-refractivity contribution in [3.63, 3.8) is 0 Å². The lowest BCUT2D eigenvalue weighted by Crippen LogP contribution is -2.43. The van der Waals surface area contributed by atoms with E-state index in [-0.39, 0.29) is 36.3 Å². The van der Waals surface area contributed by atoms with Crippen LogP contribution in [0.25, 0.3) is 22.4 Å². The minimum absolute atomic E-state index is 0.0795. The van der Waals surface area contributed by atoms with Crippen molar-refractivity contribution < 1.29 is 14.4 Å². The number of para-hydroxylation sites is 2. The van der Waals surface area contributed by atoms with Gasteiger partial charge in [-0.3, -0.25) is 19.3 Å². The average Bonchev–Trinajstić information content (AvgIpc) is 3.26. The first-order valence-corrected chi connectivity index (χ1v) is 9.39. The van der Waals surface area contributed by atoms with E-state index in [2.05, 4.69) is 20.6 Å². The number of aromatic nitrogens is 2. The molecular formula is C20H17N5O3S. The van der Waals surface area contributed by atoms with Crippen molar-refractivity contribution in [1.82, 2.24) is 20.2 Å². The van der Waals surface area contributed by atoms with Crippen LogP contribution < -0.4 is 10.6 Å². The number of nitrogens with zero attached hydrogens (tertiary/aromatic N) is 2. The quantitative estimate of drug-likeness (QED) is 0.452. The summed E-state index contributed by atoms with van der Waals surface area (Å²) in [7, 11) is 0. The predicted molar refractivity (Wildman–Crippen MR) is 112 cm³/mol. The molecule has 29 heavy (non-hydrogen) atoms. The zero-order valence-electron chi connectivity index (χ0n) is 15.3. The second-order valence-electron chi connectivity index (χ2n) is 6.56. The molecular weight excluding hydrogens is 390 g/mol. The highest BCUT2D eigenvalue weighted by Gasteiger charge is 2.30. The minimum Gasteiger partial charge on any atom is -0.338 e. The number of nitrogens with one attached hydrogen (secondary N) is 3. The van der Waals surface area contributed by atoms with Crippen LogP contribution in [0.1, 0.15) is 12.8 Å². The van der Waals surface area contributed by atoms with E-state index in [4.69, 9.17) is 12.2 Å². The molecule has 1 aliphatic rings. The van der Waals surface area contributed by atoms with Gasteiger partial charge in [0, 0.05) is 24.1 Å². The Morgan fingerprint density at radius 1 is 1.10 bits per heavy atom. The largest absolute Gasteiger partial charge is 0.338 e. The van der Waals surface area contributed by atoms with Gasteiger partial charge in [-0.25, -0.2) is 4.98 Å². The fourth-order valence-corrected chi connectivity index (χ4v) is 3.34. The van der Waals surface area contributed by atoms with Gasteiger partial charge in [-0.1, -0.05) is 24.3 Å². The van der Waals surface area contributed by atoms with Crippen LogP contribution in [0, 0.1) is 0 Å². The van der Waals surface area contributed by atoms with Gasteiger partial charge < -0.3 is 15.6 Å². The first-order chi connectivity index (χ1) is 14.0. The summed E-state index contributed by atoms with van der Waals surface area (Å²) in [5.74, 6) is -0.500. The molecule has 4 rings (SSSR count). The Morgan fingerprint density at radius 2 is 1.86 bits per heavy atom. The van der Waals surface area contributed by atoms with E-state index in [9.17, 15) is 14.4 Å². The molecule has 0 saturated carbocycles. The zero-order chi connectivity index (χ0) is 20.4. The molecule has 0 unspecified atom stereocenters. The Hall–Kier alpha value is -3.59. The molecule has 1 aliphatic heterocycles. The second kappa shape index (κ2) is 7.80.